The standard InChI is InChI=1S/C9H9N3S/c10-12-11-6-8-5-7-3-1-2-4-9(7)13-8/h1-4,8H,5-6H2. The van der Waals surface area contributed by atoms with E-state index in [1.807, 2.05) is 17.8 Å². The number of thioether (sulfide) groups is 1. The zero-order valence-corrected chi connectivity index (χ0v) is 7.87. The van der Waals surface area contributed by atoms with Crippen LogP contribution in [0.5, 0.6) is 0 Å². The van der Waals surface area contributed by atoms with E-state index in [-0.39, 0.29) is 0 Å². The van der Waals surface area contributed by atoms with E-state index in [1.165, 1.54) is 10.5 Å². The monoisotopic (exact) mass is 191 g/mol. The van der Waals surface area contributed by atoms with Gasteiger partial charge in [-0.1, -0.05) is 23.3 Å². The van der Waals surface area contributed by atoms with Crippen LogP contribution in [-0.4, -0.2) is 11.8 Å². The van der Waals surface area contributed by atoms with Crippen molar-refractivity contribution in [1.82, 2.24) is 0 Å². The average molecular weight is 191 g/mol. The first-order chi connectivity index (χ1) is 6.40. The molecule has 0 spiro atoms. The molecule has 0 N–H and O–H groups in total. The summed E-state index contributed by atoms with van der Waals surface area (Å²) in [5, 5.41) is 4.03. The highest BCUT2D eigenvalue weighted by Crippen LogP contribution is 2.36. The van der Waals surface area contributed by atoms with Gasteiger partial charge < -0.3 is 0 Å². The smallest absolute Gasteiger partial charge is 0.0383 e. The molecule has 3 nitrogen and oxygen atoms in total. The van der Waals surface area contributed by atoms with Crippen molar-refractivity contribution < 1.29 is 0 Å². The summed E-state index contributed by atoms with van der Waals surface area (Å²) in [6.45, 7) is 0.593. The van der Waals surface area contributed by atoms with Gasteiger partial charge >= 0.3 is 0 Å². The molecule has 0 saturated carbocycles. The summed E-state index contributed by atoms with van der Waals surface area (Å²) in [5.74, 6) is 0. The SMILES string of the molecule is [N-]=[N+]=NCC1Cc2ccccc2S1. The zero-order valence-electron chi connectivity index (χ0n) is 7.05. The highest BCUT2D eigenvalue weighted by molar-refractivity contribution is 8.00. The Kier molecular flexibility index (Phi) is 2.43. The predicted octanol–water partition coefficient (Wildman–Crippen LogP) is 3.01. The first-order valence-corrected chi connectivity index (χ1v) is 5.03. The Hall–Kier alpha value is -1.12. The van der Waals surface area contributed by atoms with Crippen LogP contribution < -0.4 is 0 Å². The third kappa shape index (κ3) is 1.79. The third-order valence-corrected chi connectivity index (χ3v) is 3.36. The number of rotatable bonds is 2. The van der Waals surface area contributed by atoms with Gasteiger partial charge in [-0.2, -0.15) is 0 Å². The lowest BCUT2D eigenvalue weighted by atomic mass is 10.1. The van der Waals surface area contributed by atoms with Crippen LogP contribution in [0.3, 0.4) is 0 Å². The molecule has 0 aliphatic carbocycles. The summed E-state index contributed by atoms with van der Waals surface area (Å²) in [4.78, 5) is 4.11. The van der Waals surface area contributed by atoms with Gasteiger partial charge in [-0.3, -0.25) is 0 Å². The van der Waals surface area contributed by atoms with Crippen LogP contribution in [0.4, 0.5) is 0 Å². The minimum atomic E-state index is 0.438. The number of fused-ring (bicyclic) bond motifs is 1. The normalized spacial score (nSPS) is 19.2. The number of hydrogen-bond acceptors (Lipinski definition) is 2. The quantitative estimate of drug-likeness (QED) is 0.402. The molecule has 1 unspecified atom stereocenters. The Morgan fingerprint density at radius 3 is 3.15 bits per heavy atom. The van der Waals surface area contributed by atoms with E-state index in [9.17, 15) is 0 Å². The van der Waals surface area contributed by atoms with Crippen LogP contribution in [0.1, 0.15) is 5.56 Å². The maximum Gasteiger partial charge on any atom is 0.0383 e. The minimum Gasteiger partial charge on any atom is -0.122 e. The van der Waals surface area contributed by atoms with E-state index >= 15 is 0 Å². The van der Waals surface area contributed by atoms with Gasteiger partial charge in [-0.05, 0) is 23.6 Å². The average Bonchev–Trinajstić information content (AvgIpc) is 2.57. The van der Waals surface area contributed by atoms with Crippen molar-refractivity contribution in [3.05, 3.63) is 40.3 Å². The van der Waals surface area contributed by atoms with Crippen LogP contribution in [0.2, 0.25) is 0 Å². The summed E-state index contributed by atoms with van der Waals surface area (Å²) < 4.78 is 0. The molecule has 4 heteroatoms. The van der Waals surface area contributed by atoms with Gasteiger partial charge in [0.15, 0.2) is 0 Å². The van der Waals surface area contributed by atoms with E-state index in [1.54, 1.807) is 0 Å². The summed E-state index contributed by atoms with van der Waals surface area (Å²) in [6.07, 6.45) is 1.03. The summed E-state index contributed by atoms with van der Waals surface area (Å²) >= 11 is 1.81. The highest BCUT2D eigenvalue weighted by atomic mass is 32.2. The van der Waals surface area contributed by atoms with Crippen molar-refractivity contribution in [1.29, 1.82) is 0 Å². The summed E-state index contributed by atoms with van der Waals surface area (Å²) in [5.41, 5.74) is 9.57. The zero-order chi connectivity index (χ0) is 9.10. The van der Waals surface area contributed by atoms with Crippen molar-refractivity contribution in [3.63, 3.8) is 0 Å². The van der Waals surface area contributed by atoms with E-state index in [0.29, 0.717) is 11.8 Å². The lowest BCUT2D eigenvalue weighted by molar-refractivity contribution is 0.861. The van der Waals surface area contributed by atoms with Gasteiger partial charge in [0.1, 0.15) is 0 Å². The molecule has 0 bridgehead atoms. The molecule has 1 aromatic carbocycles. The lowest BCUT2D eigenvalue weighted by Crippen LogP contribution is -2.03. The second-order valence-corrected chi connectivity index (χ2v) is 4.31. The molecule has 13 heavy (non-hydrogen) atoms. The van der Waals surface area contributed by atoms with E-state index < -0.39 is 0 Å². The van der Waals surface area contributed by atoms with Gasteiger partial charge in [0, 0.05) is 21.6 Å². The third-order valence-electron chi connectivity index (χ3n) is 2.06. The molecule has 1 heterocycles. The molecular weight excluding hydrogens is 182 g/mol. The topological polar surface area (TPSA) is 48.8 Å². The van der Waals surface area contributed by atoms with Gasteiger partial charge in [-0.15, -0.1) is 11.8 Å². The maximum absolute atomic E-state index is 8.19. The minimum absolute atomic E-state index is 0.438. The molecule has 1 aliphatic heterocycles. The molecule has 1 atom stereocenters. The fourth-order valence-corrected chi connectivity index (χ4v) is 2.71. The maximum atomic E-state index is 8.19. The van der Waals surface area contributed by atoms with Gasteiger partial charge in [0.25, 0.3) is 0 Å². The number of nitrogens with zero attached hydrogens (tertiary/aromatic N) is 3. The summed E-state index contributed by atoms with van der Waals surface area (Å²) in [6, 6.07) is 8.35. The van der Waals surface area contributed by atoms with E-state index in [4.69, 9.17) is 5.53 Å². The molecule has 0 fully saturated rings. The van der Waals surface area contributed by atoms with Crippen LogP contribution in [0, 0.1) is 0 Å². The first-order valence-electron chi connectivity index (χ1n) is 4.15. The van der Waals surface area contributed by atoms with Crippen molar-refractivity contribution in [3.8, 4) is 0 Å². The molecule has 66 valence electrons. The fourth-order valence-electron chi connectivity index (χ4n) is 1.48. The van der Waals surface area contributed by atoms with Crippen molar-refractivity contribution >= 4 is 11.8 Å². The van der Waals surface area contributed by atoms with Gasteiger partial charge in [-0.25, -0.2) is 0 Å². The highest BCUT2D eigenvalue weighted by Gasteiger charge is 2.20. The van der Waals surface area contributed by atoms with E-state index in [2.05, 4.69) is 28.2 Å². The molecule has 1 aromatic rings. The Labute approximate surface area is 80.8 Å². The number of azide groups is 1. The Morgan fingerprint density at radius 1 is 1.54 bits per heavy atom. The predicted molar refractivity (Wildman–Crippen MR) is 53.8 cm³/mol. The molecule has 0 amide bonds. The molecule has 0 saturated heterocycles. The lowest BCUT2D eigenvalue weighted by Gasteiger charge is -2.00. The summed E-state index contributed by atoms with van der Waals surface area (Å²) in [7, 11) is 0. The largest absolute Gasteiger partial charge is 0.122 e. The number of benzene rings is 1. The Bertz CT molecular complexity index is 333. The Morgan fingerprint density at radius 2 is 2.38 bits per heavy atom. The molecule has 1 aliphatic rings. The number of hydrogen-bond donors (Lipinski definition) is 0. The second kappa shape index (κ2) is 3.73. The van der Waals surface area contributed by atoms with E-state index in [0.717, 1.165) is 6.42 Å². The van der Waals surface area contributed by atoms with Crippen LogP contribution >= 0.6 is 11.8 Å². The molecular formula is C9H9N3S. The van der Waals surface area contributed by atoms with Crippen molar-refractivity contribution in [2.75, 3.05) is 6.54 Å². The van der Waals surface area contributed by atoms with Crippen LogP contribution in [0.15, 0.2) is 34.3 Å². The van der Waals surface area contributed by atoms with Crippen LogP contribution in [-0.2, 0) is 6.42 Å². The molecule has 0 aromatic heterocycles. The molecule has 0 radical (unpaired) electrons. The molecule has 2 rings (SSSR count). The second-order valence-electron chi connectivity index (χ2n) is 2.97. The van der Waals surface area contributed by atoms with Gasteiger partial charge in [0.05, 0.1) is 0 Å². The Balaban J connectivity index is 2.09. The fraction of sp³-hybridized carbons (Fsp3) is 0.333. The van der Waals surface area contributed by atoms with Crippen LogP contribution in [0.25, 0.3) is 10.4 Å². The first kappa shape index (κ1) is 8.48. The van der Waals surface area contributed by atoms with Gasteiger partial charge in [0.2, 0.25) is 0 Å². The van der Waals surface area contributed by atoms with Crippen molar-refractivity contribution in [2.24, 2.45) is 5.11 Å². The van der Waals surface area contributed by atoms with Crippen molar-refractivity contribution in [2.45, 2.75) is 16.6 Å².